The number of tetrazole rings is 1. The lowest BCUT2D eigenvalue weighted by atomic mass is 10.5. The molecule has 0 bridgehead atoms. The molecular weight excluding hydrogens is 78.9 g/mol. The molecule has 1 aromatic heterocycles. The Bertz CT molecular complexity index is 111. The molecule has 6 heavy (non-hydrogen) atoms. The highest BCUT2D eigenvalue weighted by Gasteiger charge is 1.72. The molecule has 1 heterocycles. The molecule has 0 amide bonds. The SMILES string of the molecule is [B]n1ncnn1. The number of aromatic nitrogens is 4. The van der Waals surface area contributed by atoms with Crippen LogP contribution < -0.4 is 0 Å². The summed E-state index contributed by atoms with van der Waals surface area (Å²) in [5.41, 5.74) is 0. The largest absolute Gasteiger partial charge is 0.298 e. The van der Waals surface area contributed by atoms with Gasteiger partial charge in [0.1, 0.15) is 0 Å². The van der Waals surface area contributed by atoms with Crippen LogP contribution in [0.25, 0.3) is 0 Å². The van der Waals surface area contributed by atoms with Crippen molar-refractivity contribution in [3.63, 3.8) is 0 Å². The van der Waals surface area contributed by atoms with Crippen LogP contribution in [-0.2, 0) is 0 Å². The molecule has 28 valence electrons. The van der Waals surface area contributed by atoms with Crippen LogP contribution in [-0.4, -0.2) is 28.1 Å². The monoisotopic (exact) mass is 80.0 g/mol. The van der Waals surface area contributed by atoms with E-state index in [1.807, 2.05) is 0 Å². The fourth-order valence-electron chi connectivity index (χ4n) is 0.175. The molecule has 0 aliphatic heterocycles. The van der Waals surface area contributed by atoms with Crippen LogP contribution in [0.3, 0.4) is 0 Å². The lowest BCUT2D eigenvalue weighted by Gasteiger charge is -1.72. The zero-order chi connectivity index (χ0) is 4.41. The van der Waals surface area contributed by atoms with Crippen molar-refractivity contribution in [3.05, 3.63) is 6.33 Å². The van der Waals surface area contributed by atoms with E-state index in [-0.39, 0.29) is 0 Å². The zero-order valence-corrected chi connectivity index (χ0v) is 2.94. The van der Waals surface area contributed by atoms with Gasteiger partial charge in [0.05, 0.1) is 0 Å². The fraction of sp³-hybridized carbons (Fsp3) is 0. The predicted molar refractivity (Wildman–Crippen MR) is 19.0 cm³/mol. The molecule has 0 aromatic carbocycles. The van der Waals surface area contributed by atoms with E-state index in [9.17, 15) is 0 Å². The van der Waals surface area contributed by atoms with Gasteiger partial charge in [0.2, 0.25) is 0 Å². The normalized spacial score (nSPS) is 8.67. The maximum atomic E-state index is 4.91. The summed E-state index contributed by atoms with van der Waals surface area (Å²) in [5, 5.41) is 9.94. The minimum Gasteiger partial charge on any atom is -0.231 e. The summed E-state index contributed by atoms with van der Waals surface area (Å²) in [5.74, 6) is 0. The average molecular weight is 79.9 g/mol. The van der Waals surface area contributed by atoms with Crippen molar-refractivity contribution in [1.29, 1.82) is 0 Å². The standard InChI is InChI=1S/CHBN4/c2-6-4-1-3-5-6/h1H. The van der Waals surface area contributed by atoms with Gasteiger partial charge in [-0.15, -0.1) is 5.10 Å². The van der Waals surface area contributed by atoms with E-state index >= 15 is 0 Å². The number of nitrogens with zero attached hydrogens (tertiary/aromatic N) is 4. The van der Waals surface area contributed by atoms with Gasteiger partial charge in [0.15, 0.2) is 6.33 Å². The lowest BCUT2D eigenvalue weighted by Crippen LogP contribution is -1.94. The summed E-state index contributed by atoms with van der Waals surface area (Å²) < 4.78 is 0.889. The molecule has 1 rings (SSSR count). The highest BCUT2D eigenvalue weighted by atomic mass is 15.5. The highest BCUT2D eigenvalue weighted by Crippen LogP contribution is 1.54. The van der Waals surface area contributed by atoms with Gasteiger partial charge < -0.3 is 0 Å². The first kappa shape index (κ1) is 3.33. The first-order valence-corrected chi connectivity index (χ1v) is 1.37. The van der Waals surface area contributed by atoms with E-state index < -0.39 is 0 Å². The number of hydrogen-bond acceptors (Lipinski definition) is 3. The quantitative estimate of drug-likeness (QED) is 0.360. The number of hydrogen-bond donors (Lipinski definition) is 0. The molecule has 0 spiro atoms. The van der Waals surface area contributed by atoms with E-state index in [0.29, 0.717) is 0 Å². The van der Waals surface area contributed by atoms with E-state index in [1.54, 1.807) is 0 Å². The molecule has 0 aliphatic carbocycles. The topological polar surface area (TPSA) is 43.6 Å². The number of rotatable bonds is 0. The molecule has 1 aromatic rings. The van der Waals surface area contributed by atoms with Crippen molar-refractivity contribution >= 4 is 7.98 Å². The van der Waals surface area contributed by atoms with Gasteiger partial charge in [-0.25, -0.2) is 4.71 Å². The maximum Gasteiger partial charge on any atom is 0.298 e. The summed E-state index contributed by atoms with van der Waals surface area (Å²) in [6, 6.07) is 0. The van der Waals surface area contributed by atoms with Crippen molar-refractivity contribution in [2.45, 2.75) is 0 Å². The Kier molecular flexibility index (Phi) is 0.599. The van der Waals surface area contributed by atoms with E-state index in [1.165, 1.54) is 6.33 Å². The predicted octanol–water partition coefficient (Wildman–Crippen LogP) is -1.40. The summed E-state index contributed by atoms with van der Waals surface area (Å²) in [6.07, 6.45) is 1.26. The summed E-state index contributed by atoms with van der Waals surface area (Å²) >= 11 is 0. The molecule has 2 radical (unpaired) electrons. The summed E-state index contributed by atoms with van der Waals surface area (Å²) in [4.78, 5) is 0. The van der Waals surface area contributed by atoms with Crippen LogP contribution in [0.5, 0.6) is 0 Å². The van der Waals surface area contributed by atoms with Crippen LogP contribution >= 0.6 is 0 Å². The second kappa shape index (κ2) is 1.08. The van der Waals surface area contributed by atoms with Gasteiger partial charge >= 0.3 is 0 Å². The molecule has 0 aliphatic rings. The molecule has 5 heteroatoms. The first-order valence-electron chi connectivity index (χ1n) is 1.37. The van der Waals surface area contributed by atoms with Gasteiger partial charge in [-0.3, -0.25) is 0 Å². The Hall–Kier alpha value is -0.865. The van der Waals surface area contributed by atoms with Crippen molar-refractivity contribution in [2.75, 3.05) is 0 Å². The molecule has 0 saturated heterocycles. The third kappa shape index (κ3) is 0.380. The maximum absolute atomic E-state index is 4.91. The second-order valence-corrected chi connectivity index (χ2v) is 0.756. The van der Waals surface area contributed by atoms with Gasteiger partial charge in [0, 0.05) is 0 Å². The third-order valence-electron chi connectivity index (χ3n) is 0.365. The first-order chi connectivity index (χ1) is 2.89. The van der Waals surface area contributed by atoms with Gasteiger partial charge in [-0.1, -0.05) is 5.21 Å². The van der Waals surface area contributed by atoms with Crippen molar-refractivity contribution in [3.8, 4) is 0 Å². The Morgan fingerprint density at radius 3 is 2.67 bits per heavy atom. The van der Waals surface area contributed by atoms with Crippen LogP contribution in [0, 0.1) is 0 Å². The molecule has 0 N–H and O–H groups in total. The molecule has 0 atom stereocenters. The van der Waals surface area contributed by atoms with Gasteiger partial charge in [0.25, 0.3) is 7.98 Å². The van der Waals surface area contributed by atoms with Gasteiger partial charge in [-0.2, -0.15) is 5.10 Å². The lowest BCUT2D eigenvalue weighted by molar-refractivity contribution is 0.802. The molecular formula is CHBN4. The van der Waals surface area contributed by atoms with Crippen molar-refractivity contribution < 1.29 is 0 Å². The Labute approximate surface area is 35.6 Å². The average Bonchev–Trinajstić information content (AvgIpc) is 1.86. The zero-order valence-electron chi connectivity index (χ0n) is 2.94. The Morgan fingerprint density at radius 2 is 2.50 bits per heavy atom. The minimum absolute atomic E-state index is 0.889. The molecule has 0 saturated carbocycles. The van der Waals surface area contributed by atoms with Crippen LogP contribution in [0.15, 0.2) is 6.33 Å². The van der Waals surface area contributed by atoms with Crippen LogP contribution in [0.1, 0.15) is 0 Å². The van der Waals surface area contributed by atoms with E-state index in [0.717, 1.165) is 4.71 Å². The van der Waals surface area contributed by atoms with Crippen molar-refractivity contribution in [1.82, 2.24) is 20.1 Å². The van der Waals surface area contributed by atoms with Crippen molar-refractivity contribution in [2.24, 2.45) is 0 Å². The fourth-order valence-corrected chi connectivity index (χ4v) is 0.175. The van der Waals surface area contributed by atoms with E-state index in [4.69, 9.17) is 7.98 Å². The summed E-state index contributed by atoms with van der Waals surface area (Å²) in [6.45, 7) is 0. The Balaban J connectivity index is 3.05. The van der Waals surface area contributed by atoms with Crippen LogP contribution in [0.4, 0.5) is 0 Å². The van der Waals surface area contributed by atoms with Gasteiger partial charge in [-0.05, 0) is 0 Å². The Morgan fingerprint density at radius 1 is 1.67 bits per heavy atom. The molecule has 4 nitrogen and oxygen atoms in total. The molecule has 0 fully saturated rings. The third-order valence-corrected chi connectivity index (χ3v) is 0.365. The molecule has 0 unspecified atom stereocenters. The van der Waals surface area contributed by atoms with Crippen LogP contribution in [0.2, 0.25) is 0 Å². The minimum atomic E-state index is 0.889. The second-order valence-electron chi connectivity index (χ2n) is 0.756. The van der Waals surface area contributed by atoms with E-state index in [2.05, 4.69) is 15.4 Å². The summed E-state index contributed by atoms with van der Waals surface area (Å²) in [7, 11) is 4.91. The smallest absolute Gasteiger partial charge is 0.231 e. The highest BCUT2D eigenvalue weighted by molar-refractivity contribution is 6.04.